The van der Waals surface area contributed by atoms with Gasteiger partial charge in [-0.2, -0.15) is 0 Å². The third-order valence-corrected chi connectivity index (χ3v) is 4.03. The largest absolute Gasteiger partial charge is 0.351 e. The van der Waals surface area contributed by atoms with Crippen molar-refractivity contribution in [2.24, 2.45) is 0 Å². The van der Waals surface area contributed by atoms with Crippen molar-refractivity contribution in [2.45, 2.75) is 19.8 Å². The molecule has 0 saturated carbocycles. The summed E-state index contributed by atoms with van der Waals surface area (Å²) >= 11 is 0. The summed E-state index contributed by atoms with van der Waals surface area (Å²) in [5, 5.41) is 3.94. The summed E-state index contributed by atoms with van der Waals surface area (Å²) in [4.78, 5) is 17.1. The summed E-state index contributed by atoms with van der Waals surface area (Å²) in [6, 6.07) is 19.8. The average molecular weight is 304 g/mol. The van der Waals surface area contributed by atoms with Gasteiger partial charge in [-0.3, -0.25) is 9.78 Å². The number of carbonyl (C=O) groups excluding carboxylic acids is 1. The number of benzene rings is 2. The molecule has 1 amide bonds. The van der Waals surface area contributed by atoms with Gasteiger partial charge in [-0.05, 0) is 30.5 Å². The van der Waals surface area contributed by atoms with Crippen LogP contribution in [-0.2, 0) is 0 Å². The van der Waals surface area contributed by atoms with Crippen molar-refractivity contribution >= 4 is 16.8 Å². The first-order valence-corrected chi connectivity index (χ1v) is 7.84. The summed E-state index contributed by atoms with van der Waals surface area (Å²) in [6.07, 6.45) is 0. The molecular formula is C20H20N2O. The highest BCUT2D eigenvalue weighted by molar-refractivity contribution is 6.06. The second kappa shape index (κ2) is 6.61. The molecule has 3 aromatic rings. The zero-order valence-corrected chi connectivity index (χ0v) is 13.4. The minimum absolute atomic E-state index is 0.0468. The fourth-order valence-corrected chi connectivity index (χ4v) is 2.74. The van der Waals surface area contributed by atoms with E-state index in [-0.39, 0.29) is 11.8 Å². The monoisotopic (exact) mass is 304 g/mol. The van der Waals surface area contributed by atoms with E-state index in [1.54, 1.807) is 0 Å². The number of aryl methyl sites for hydroxylation is 1. The van der Waals surface area contributed by atoms with Crippen LogP contribution in [0.4, 0.5) is 0 Å². The topological polar surface area (TPSA) is 42.0 Å². The molecule has 0 bridgehead atoms. The molecular weight excluding hydrogens is 284 g/mol. The third-order valence-electron chi connectivity index (χ3n) is 4.03. The van der Waals surface area contributed by atoms with Gasteiger partial charge in [0.25, 0.3) is 5.91 Å². The Morgan fingerprint density at radius 1 is 1.09 bits per heavy atom. The van der Waals surface area contributed by atoms with Crippen LogP contribution in [0.25, 0.3) is 10.9 Å². The molecule has 116 valence electrons. The van der Waals surface area contributed by atoms with Crippen molar-refractivity contribution in [1.29, 1.82) is 0 Å². The summed E-state index contributed by atoms with van der Waals surface area (Å²) in [6.45, 7) is 4.64. The first-order chi connectivity index (χ1) is 11.1. The second-order valence-electron chi connectivity index (χ2n) is 5.85. The van der Waals surface area contributed by atoms with Gasteiger partial charge in [-0.15, -0.1) is 0 Å². The lowest BCUT2D eigenvalue weighted by Crippen LogP contribution is -2.27. The zero-order chi connectivity index (χ0) is 16.2. The Morgan fingerprint density at radius 2 is 1.78 bits per heavy atom. The summed E-state index contributed by atoms with van der Waals surface area (Å²) < 4.78 is 0. The van der Waals surface area contributed by atoms with Gasteiger partial charge in [0.1, 0.15) is 0 Å². The molecule has 3 rings (SSSR count). The van der Waals surface area contributed by atoms with E-state index in [0.717, 1.165) is 16.6 Å². The molecule has 0 aliphatic carbocycles. The second-order valence-corrected chi connectivity index (χ2v) is 5.85. The summed E-state index contributed by atoms with van der Waals surface area (Å²) in [5.41, 5.74) is 3.62. The molecule has 3 nitrogen and oxygen atoms in total. The number of amides is 1. The van der Waals surface area contributed by atoms with Crippen LogP contribution in [0.5, 0.6) is 0 Å². The van der Waals surface area contributed by atoms with Gasteiger partial charge < -0.3 is 5.32 Å². The number of aromatic nitrogens is 1. The van der Waals surface area contributed by atoms with Gasteiger partial charge in [-0.1, -0.05) is 55.5 Å². The quantitative estimate of drug-likeness (QED) is 0.789. The Morgan fingerprint density at radius 3 is 2.57 bits per heavy atom. The predicted octanol–water partition coefficient (Wildman–Crippen LogP) is 4.08. The van der Waals surface area contributed by atoms with Gasteiger partial charge in [-0.25, -0.2) is 0 Å². The average Bonchev–Trinajstić information content (AvgIpc) is 2.59. The third kappa shape index (κ3) is 3.39. The number of hydrogen-bond acceptors (Lipinski definition) is 2. The molecule has 1 aromatic heterocycles. The molecule has 3 heteroatoms. The van der Waals surface area contributed by atoms with E-state index in [9.17, 15) is 4.79 Å². The van der Waals surface area contributed by atoms with Gasteiger partial charge in [0.05, 0.1) is 11.1 Å². The van der Waals surface area contributed by atoms with E-state index in [2.05, 4.69) is 29.4 Å². The van der Waals surface area contributed by atoms with E-state index < -0.39 is 0 Å². The van der Waals surface area contributed by atoms with Crippen LogP contribution in [0, 0.1) is 6.92 Å². The molecule has 0 unspecified atom stereocenters. The van der Waals surface area contributed by atoms with Crippen molar-refractivity contribution in [1.82, 2.24) is 10.3 Å². The Kier molecular flexibility index (Phi) is 4.38. The molecule has 1 atom stereocenters. The van der Waals surface area contributed by atoms with Crippen molar-refractivity contribution in [3.63, 3.8) is 0 Å². The molecule has 2 aromatic carbocycles. The first-order valence-electron chi connectivity index (χ1n) is 7.84. The lowest BCUT2D eigenvalue weighted by Gasteiger charge is -2.14. The Balaban J connectivity index is 1.79. The van der Waals surface area contributed by atoms with Crippen LogP contribution in [0.3, 0.4) is 0 Å². The standard InChI is InChI=1S/C20H20N2O/c1-14(16-8-4-3-5-9-16)13-21-20(23)18-12-15(2)22-19-11-7-6-10-17(18)19/h3-12,14H,13H2,1-2H3,(H,21,23)/t14-/m1/s1. The molecule has 0 saturated heterocycles. The van der Waals surface area contributed by atoms with Gasteiger partial charge in [0.2, 0.25) is 0 Å². The van der Waals surface area contributed by atoms with Crippen molar-refractivity contribution in [3.8, 4) is 0 Å². The summed E-state index contributed by atoms with van der Waals surface area (Å²) in [7, 11) is 0. The number of nitrogens with one attached hydrogen (secondary N) is 1. The van der Waals surface area contributed by atoms with E-state index in [4.69, 9.17) is 0 Å². The minimum Gasteiger partial charge on any atom is -0.351 e. The van der Waals surface area contributed by atoms with Crippen molar-refractivity contribution in [2.75, 3.05) is 6.54 Å². The zero-order valence-electron chi connectivity index (χ0n) is 13.4. The predicted molar refractivity (Wildman–Crippen MR) is 93.7 cm³/mol. The lowest BCUT2D eigenvalue weighted by atomic mass is 10.0. The van der Waals surface area contributed by atoms with E-state index in [1.165, 1.54) is 5.56 Å². The molecule has 0 radical (unpaired) electrons. The molecule has 0 fully saturated rings. The Hall–Kier alpha value is -2.68. The highest BCUT2D eigenvalue weighted by Gasteiger charge is 2.13. The minimum atomic E-state index is -0.0468. The fraction of sp³-hybridized carbons (Fsp3) is 0.200. The lowest BCUT2D eigenvalue weighted by molar-refractivity contribution is 0.0953. The molecule has 0 aliphatic rings. The molecule has 0 spiro atoms. The number of pyridine rings is 1. The molecule has 0 aliphatic heterocycles. The van der Waals surface area contributed by atoms with E-state index in [1.807, 2.05) is 55.5 Å². The molecule has 1 N–H and O–H groups in total. The van der Waals surface area contributed by atoms with Crippen LogP contribution in [0.15, 0.2) is 60.7 Å². The van der Waals surface area contributed by atoms with Crippen molar-refractivity contribution in [3.05, 3.63) is 77.5 Å². The van der Waals surface area contributed by atoms with Crippen molar-refractivity contribution < 1.29 is 4.79 Å². The van der Waals surface area contributed by atoms with E-state index in [0.29, 0.717) is 12.1 Å². The maximum atomic E-state index is 12.6. The maximum Gasteiger partial charge on any atom is 0.252 e. The number of rotatable bonds is 4. The fourth-order valence-electron chi connectivity index (χ4n) is 2.74. The normalized spacial score (nSPS) is 12.1. The number of para-hydroxylation sites is 1. The Bertz CT molecular complexity index is 827. The molecule has 23 heavy (non-hydrogen) atoms. The van der Waals surface area contributed by atoms with Gasteiger partial charge in [0.15, 0.2) is 0 Å². The maximum absolute atomic E-state index is 12.6. The highest BCUT2D eigenvalue weighted by Crippen LogP contribution is 2.19. The Labute approximate surface area is 136 Å². The number of nitrogens with zero attached hydrogens (tertiary/aromatic N) is 1. The smallest absolute Gasteiger partial charge is 0.252 e. The van der Waals surface area contributed by atoms with Crippen LogP contribution >= 0.6 is 0 Å². The van der Waals surface area contributed by atoms with Gasteiger partial charge in [0, 0.05) is 17.6 Å². The van der Waals surface area contributed by atoms with Crippen LogP contribution < -0.4 is 5.32 Å². The van der Waals surface area contributed by atoms with Crippen LogP contribution in [0.1, 0.15) is 34.5 Å². The number of hydrogen-bond donors (Lipinski definition) is 1. The molecule has 1 heterocycles. The van der Waals surface area contributed by atoms with Crippen LogP contribution in [-0.4, -0.2) is 17.4 Å². The summed E-state index contributed by atoms with van der Waals surface area (Å²) in [5.74, 6) is 0.226. The number of fused-ring (bicyclic) bond motifs is 1. The first kappa shape index (κ1) is 15.2. The van der Waals surface area contributed by atoms with Gasteiger partial charge >= 0.3 is 0 Å². The van der Waals surface area contributed by atoms with Crippen LogP contribution in [0.2, 0.25) is 0 Å². The number of carbonyl (C=O) groups is 1. The highest BCUT2D eigenvalue weighted by atomic mass is 16.1. The SMILES string of the molecule is Cc1cc(C(=O)NC[C@@H](C)c2ccccc2)c2ccccc2n1. The van der Waals surface area contributed by atoms with E-state index >= 15 is 0 Å².